The molecule has 0 unspecified atom stereocenters. The summed E-state index contributed by atoms with van der Waals surface area (Å²) in [5, 5.41) is 0.948. The second kappa shape index (κ2) is 4.94. The van der Waals surface area contributed by atoms with Crippen LogP contribution in [0.5, 0.6) is 0 Å². The van der Waals surface area contributed by atoms with Crippen LogP contribution in [0.1, 0.15) is 31.9 Å². The molecule has 0 aliphatic heterocycles. The van der Waals surface area contributed by atoms with Crippen LogP contribution < -0.4 is 0 Å². The molecule has 0 fully saturated rings. The molecule has 1 aliphatic carbocycles. The quantitative estimate of drug-likeness (QED) is 0.586. The van der Waals surface area contributed by atoms with E-state index in [4.69, 9.17) is 16.0 Å². The van der Waals surface area contributed by atoms with E-state index in [9.17, 15) is 0 Å². The van der Waals surface area contributed by atoms with Gasteiger partial charge >= 0.3 is 0 Å². The van der Waals surface area contributed by atoms with Gasteiger partial charge in [-0.05, 0) is 48.3 Å². The minimum absolute atomic E-state index is 0.201. The number of fused-ring (bicyclic) bond motifs is 1. The first-order chi connectivity index (χ1) is 8.62. The third-order valence-corrected chi connectivity index (χ3v) is 9.36. The van der Waals surface area contributed by atoms with Gasteiger partial charge in [-0.2, -0.15) is 0 Å². The summed E-state index contributed by atoms with van der Waals surface area (Å²) in [6.45, 7) is 11.3. The Hall–Kier alpha value is -0.253. The van der Waals surface area contributed by atoms with Crippen molar-refractivity contribution in [2.75, 3.05) is 0 Å². The zero-order chi connectivity index (χ0) is 14.4. The molecular weight excluding hydrogens is 340 g/mol. The lowest BCUT2D eigenvalue weighted by atomic mass is 10.1. The van der Waals surface area contributed by atoms with Crippen LogP contribution >= 0.6 is 27.5 Å². The predicted molar refractivity (Wildman–Crippen MR) is 89.1 cm³/mol. The van der Waals surface area contributed by atoms with Crippen molar-refractivity contribution in [2.45, 2.75) is 45.3 Å². The van der Waals surface area contributed by atoms with Gasteiger partial charge in [0, 0.05) is 15.1 Å². The lowest BCUT2D eigenvalue weighted by molar-refractivity contribution is 0.458. The Labute approximate surface area is 130 Å². The largest absolute Gasteiger partial charge is 0.543 e. The summed E-state index contributed by atoms with van der Waals surface area (Å²) in [4.78, 5) is 0. The second-order valence-electron chi connectivity index (χ2n) is 6.55. The van der Waals surface area contributed by atoms with Crippen LogP contribution in [0.2, 0.25) is 23.2 Å². The lowest BCUT2D eigenvalue weighted by Crippen LogP contribution is -2.40. The molecule has 0 saturated carbocycles. The van der Waals surface area contributed by atoms with E-state index >= 15 is 0 Å². The summed E-state index contributed by atoms with van der Waals surface area (Å²) < 4.78 is 7.49. The van der Waals surface area contributed by atoms with Crippen LogP contribution in [-0.2, 0) is 10.8 Å². The molecular formula is C15H20BrClOSi. The van der Waals surface area contributed by atoms with Gasteiger partial charge in [-0.3, -0.25) is 0 Å². The van der Waals surface area contributed by atoms with Crippen LogP contribution in [0.25, 0.3) is 5.76 Å². The van der Waals surface area contributed by atoms with E-state index in [-0.39, 0.29) is 5.04 Å². The van der Waals surface area contributed by atoms with Crippen LogP contribution in [0.3, 0.4) is 0 Å². The van der Waals surface area contributed by atoms with Gasteiger partial charge in [-0.15, -0.1) is 0 Å². The third kappa shape index (κ3) is 2.93. The van der Waals surface area contributed by atoms with E-state index in [1.807, 2.05) is 12.1 Å². The maximum atomic E-state index is 6.42. The Morgan fingerprint density at radius 1 is 1.26 bits per heavy atom. The molecule has 104 valence electrons. The van der Waals surface area contributed by atoms with Crippen LogP contribution in [-0.4, -0.2) is 8.32 Å². The first kappa shape index (κ1) is 15.1. The molecule has 19 heavy (non-hydrogen) atoms. The van der Waals surface area contributed by atoms with Crippen LogP contribution in [0, 0.1) is 0 Å². The van der Waals surface area contributed by atoms with Gasteiger partial charge in [0.2, 0.25) is 8.32 Å². The van der Waals surface area contributed by atoms with Crippen molar-refractivity contribution in [3.8, 4) is 0 Å². The molecule has 0 radical (unpaired) electrons. The highest BCUT2D eigenvalue weighted by atomic mass is 79.9. The molecule has 1 nitrogen and oxygen atoms in total. The van der Waals surface area contributed by atoms with E-state index in [0.29, 0.717) is 0 Å². The van der Waals surface area contributed by atoms with Crippen LogP contribution in [0.15, 0.2) is 22.7 Å². The smallest absolute Gasteiger partial charge is 0.250 e. The minimum atomic E-state index is -1.80. The highest BCUT2D eigenvalue weighted by molar-refractivity contribution is 9.10. The van der Waals surface area contributed by atoms with Crippen molar-refractivity contribution < 1.29 is 4.43 Å². The van der Waals surface area contributed by atoms with Crippen molar-refractivity contribution in [3.05, 3.63) is 38.8 Å². The fourth-order valence-electron chi connectivity index (χ4n) is 1.86. The van der Waals surface area contributed by atoms with Crippen LogP contribution in [0.4, 0.5) is 0 Å². The fourth-order valence-corrected chi connectivity index (χ4v) is 3.88. The van der Waals surface area contributed by atoms with Gasteiger partial charge in [0.1, 0.15) is 5.76 Å². The van der Waals surface area contributed by atoms with Crippen molar-refractivity contribution in [1.29, 1.82) is 0 Å². The number of benzene rings is 1. The van der Waals surface area contributed by atoms with Gasteiger partial charge in [-0.25, -0.2) is 0 Å². The number of halogens is 2. The van der Waals surface area contributed by atoms with Crippen molar-refractivity contribution in [1.82, 2.24) is 0 Å². The van der Waals surface area contributed by atoms with E-state index in [0.717, 1.165) is 27.2 Å². The van der Waals surface area contributed by atoms with Gasteiger partial charge in [0.05, 0.1) is 0 Å². The first-order valence-corrected chi connectivity index (χ1v) is 10.6. The first-order valence-electron chi connectivity index (χ1n) is 6.49. The Balaban J connectivity index is 2.34. The highest BCUT2D eigenvalue weighted by Crippen LogP contribution is 2.43. The Morgan fingerprint density at radius 3 is 2.47 bits per heavy atom. The summed E-state index contributed by atoms with van der Waals surface area (Å²) in [7, 11) is -1.80. The summed E-state index contributed by atoms with van der Waals surface area (Å²) in [6, 6.07) is 3.96. The summed E-state index contributed by atoms with van der Waals surface area (Å²) in [5.41, 5.74) is 2.42. The molecule has 0 bridgehead atoms. The molecule has 0 aromatic heterocycles. The molecule has 0 atom stereocenters. The van der Waals surface area contributed by atoms with E-state index < -0.39 is 8.32 Å². The maximum Gasteiger partial charge on any atom is 0.250 e. The number of allylic oxidation sites excluding steroid dienone is 1. The molecule has 1 aliphatic rings. The molecule has 1 aromatic rings. The molecule has 0 spiro atoms. The summed E-state index contributed by atoms with van der Waals surface area (Å²) in [6.07, 6.45) is 3.09. The summed E-state index contributed by atoms with van der Waals surface area (Å²) in [5.74, 6) is 1.00. The van der Waals surface area contributed by atoms with Gasteiger partial charge in [0.15, 0.2) is 0 Å². The molecule has 4 heteroatoms. The fraction of sp³-hybridized carbons (Fsp3) is 0.467. The molecule has 0 N–H and O–H groups in total. The average Bonchev–Trinajstić information content (AvgIpc) is 2.59. The van der Waals surface area contributed by atoms with E-state index in [1.165, 1.54) is 5.56 Å². The van der Waals surface area contributed by atoms with Gasteiger partial charge in [0.25, 0.3) is 0 Å². The Bertz CT molecular complexity index is 544. The number of hydrogen-bond donors (Lipinski definition) is 0. The van der Waals surface area contributed by atoms with E-state index in [1.54, 1.807) is 0 Å². The number of rotatable bonds is 2. The molecule has 0 amide bonds. The topological polar surface area (TPSA) is 9.23 Å². The second-order valence-corrected chi connectivity index (χ2v) is 12.6. The van der Waals surface area contributed by atoms with E-state index in [2.05, 4.69) is 55.9 Å². The normalized spacial score (nSPS) is 15.2. The zero-order valence-corrected chi connectivity index (χ0v) is 15.4. The third-order valence-electron chi connectivity index (χ3n) is 4.09. The maximum absolute atomic E-state index is 6.42. The van der Waals surface area contributed by atoms with Crippen molar-refractivity contribution >= 4 is 41.6 Å². The van der Waals surface area contributed by atoms with Crippen molar-refractivity contribution in [2.24, 2.45) is 0 Å². The molecule has 0 heterocycles. The molecule has 0 saturated heterocycles. The SMILES string of the molecule is CC(C)(C)[Si](C)(C)OC1=CCc2c(Br)cc(Cl)cc21. The average molecular weight is 360 g/mol. The zero-order valence-electron chi connectivity index (χ0n) is 12.1. The van der Waals surface area contributed by atoms with Gasteiger partial charge in [-0.1, -0.05) is 48.3 Å². The highest BCUT2D eigenvalue weighted by Gasteiger charge is 2.40. The lowest BCUT2D eigenvalue weighted by Gasteiger charge is -2.37. The van der Waals surface area contributed by atoms with Crippen molar-refractivity contribution in [3.63, 3.8) is 0 Å². The standard InChI is InChI=1S/C15H20BrClOSi/c1-15(2,3)19(4,5)18-14-7-6-11-12(14)8-10(17)9-13(11)16/h7-9H,6H2,1-5H3. The van der Waals surface area contributed by atoms with Gasteiger partial charge < -0.3 is 4.43 Å². The molecule has 1 aromatic carbocycles. The Kier molecular flexibility index (Phi) is 3.94. The molecule has 2 rings (SSSR count). The Morgan fingerprint density at radius 2 is 1.89 bits per heavy atom. The predicted octanol–water partition coefficient (Wildman–Crippen LogP) is 6.02. The minimum Gasteiger partial charge on any atom is -0.543 e. The number of hydrogen-bond acceptors (Lipinski definition) is 1. The summed E-state index contributed by atoms with van der Waals surface area (Å²) >= 11 is 9.74. The monoisotopic (exact) mass is 358 g/mol.